The minimum atomic E-state index is -0.814. The number of nitrogens with one attached hydrogen (secondary N) is 2. The number of urea groups is 1. The van der Waals surface area contributed by atoms with Crippen molar-refractivity contribution in [3.05, 3.63) is 0 Å². The van der Waals surface area contributed by atoms with Crippen LogP contribution in [0.25, 0.3) is 0 Å². The molecule has 66 valence electrons. The number of Topliss-reactive ketones (excluding diaryl/α,β-unsaturated/α-hetero) is 1. The van der Waals surface area contributed by atoms with Crippen LogP contribution in [0.2, 0.25) is 0 Å². The summed E-state index contributed by atoms with van der Waals surface area (Å²) in [6.07, 6.45) is 2.69. The van der Waals surface area contributed by atoms with Gasteiger partial charge in [0.15, 0.2) is 5.78 Å². The lowest BCUT2D eigenvalue weighted by atomic mass is 10.2. The lowest BCUT2D eigenvalue weighted by Crippen LogP contribution is -2.24. The van der Waals surface area contributed by atoms with Gasteiger partial charge in [0.2, 0.25) is 0 Å². The van der Waals surface area contributed by atoms with E-state index in [1.54, 1.807) is 0 Å². The Morgan fingerprint density at radius 3 is 2.75 bits per heavy atom. The first-order valence-corrected chi connectivity index (χ1v) is 3.27. The summed E-state index contributed by atoms with van der Waals surface area (Å²) in [5.74, 6) is -0.257. The maximum absolute atomic E-state index is 10.7. The van der Waals surface area contributed by atoms with E-state index in [1.807, 2.05) is 5.43 Å². The average Bonchev–Trinajstić information content (AvgIpc) is 2.00. The molecule has 0 atom stereocenters. The van der Waals surface area contributed by atoms with E-state index in [1.165, 1.54) is 0 Å². The standard InChI is InChI=1S/C6H10N4O2/c7-3-1-2-5(11)4-9-10-6(8)12/h3-4,7H,1-2H2,(H3,8,10,12)/b7-3?,9-4+. The van der Waals surface area contributed by atoms with Gasteiger partial charge in [-0.05, 0) is 12.6 Å². The lowest BCUT2D eigenvalue weighted by Gasteiger charge is -1.90. The first-order valence-electron chi connectivity index (χ1n) is 3.27. The summed E-state index contributed by atoms with van der Waals surface area (Å²) in [7, 11) is 0. The number of amides is 2. The Morgan fingerprint density at radius 1 is 1.58 bits per heavy atom. The molecular formula is C6H10N4O2. The zero-order valence-corrected chi connectivity index (χ0v) is 6.41. The van der Waals surface area contributed by atoms with Crippen LogP contribution in [0.4, 0.5) is 4.79 Å². The molecule has 0 radical (unpaired) electrons. The van der Waals surface area contributed by atoms with Gasteiger partial charge in [0.1, 0.15) is 0 Å². The fourth-order valence-electron chi connectivity index (χ4n) is 0.447. The van der Waals surface area contributed by atoms with Gasteiger partial charge in [-0.15, -0.1) is 0 Å². The SMILES string of the molecule is N=CCCC(=O)/C=N/NC(N)=O. The van der Waals surface area contributed by atoms with Crippen molar-refractivity contribution in [2.45, 2.75) is 12.8 Å². The number of carbonyl (C=O) groups excluding carboxylic acids is 2. The van der Waals surface area contributed by atoms with E-state index in [0.717, 1.165) is 12.4 Å². The van der Waals surface area contributed by atoms with Crippen LogP contribution >= 0.6 is 0 Å². The monoisotopic (exact) mass is 170 g/mol. The first kappa shape index (κ1) is 10.3. The summed E-state index contributed by atoms with van der Waals surface area (Å²) < 4.78 is 0. The molecular weight excluding hydrogens is 160 g/mol. The zero-order valence-electron chi connectivity index (χ0n) is 6.41. The molecule has 6 heteroatoms. The topological polar surface area (TPSA) is 108 Å². The molecule has 0 aliphatic carbocycles. The molecule has 2 amide bonds. The van der Waals surface area contributed by atoms with E-state index in [4.69, 9.17) is 5.41 Å². The predicted octanol–water partition coefficient (Wildman–Crippen LogP) is -0.361. The molecule has 0 heterocycles. The minimum absolute atomic E-state index is 0.216. The second-order valence-corrected chi connectivity index (χ2v) is 1.94. The maximum Gasteiger partial charge on any atom is 0.332 e. The molecule has 0 aliphatic heterocycles. The number of primary amides is 1. The average molecular weight is 170 g/mol. The second-order valence-electron chi connectivity index (χ2n) is 1.94. The van der Waals surface area contributed by atoms with Gasteiger partial charge < -0.3 is 11.1 Å². The molecule has 0 spiro atoms. The van der Waals surface area contributed by atoms with Gasteiger partial charge >= 0.3 is 6.03 Å². The van der Waals surface area contributed by atoms with E-state index < -0.39 is 6.03 Å². The second kappa shape index (κ2) is 6.02. The van der Waals surface area contributed by atoms with Gasteiger partial charge in [-0.25, -0.2) is 10.2 Å². The van der Waals surface area contributed by atoms with Crippen molar-refractivity contribution >= 4 is 24.2 Å². The van der Waals surface area contributed by atoms with Crippen LogP contribution in [-0.2, 0) is 4.79 Å². The molecule has 0 fully saturated rings. The van der Waals surface area contributed by atoms with Crippen LogP contribution in [-0.4, -0.2) is 24.2 Å². The van der Waals surface area contributed by atoms with Gasteiger partial charge in [0, 0.05) is 6.42 Å². The summed E-state index contributed by atoms with van der Waals surface area (Å²) in [6, 6.07) is -0.814. The van der Waals surface area contributed by atoms with Crippen molar-refractivity contribution in [2.24, 2.45) is 10.8 Å². The number of ketones is 1. The summed E-state index contributed by atoms with van der Waals surface area (Å²) >= 11 is 0. The molecule has 0 unspecified atom stereocenters. The number of hydrogen-bond acceptors (Lipinski definition) is 4. The van der Waals surface area contributed by atoms with Crippen LogP contribution in [0.15, 0.2) is 5.10 Å². The Bertz CT molecular complexity index is 212. The summed E-state index contributed by atoms with van der Waals surface area (Å²) in [4.78, 5) is 20.8. The predicted molar refractivity (Wildman–Crippen MR) is 44.2 cm³/mol. The van der Waals surface area contributed by atoms with Crippen molar-refractivity contribution in [1.29, 1.82) is 5.41 Å². The highest BCUT2D eigenvalue weighted by Crippen LogP contribution is 1.83. The quantitative estimate of drug-likeness (QED) is 0.387. The molecule has 4 N–H and O–H groups in total. The number of nitrogens with zero attached hydrogens (tertiary/aromatic N) is 1. The van der Waals surface area contributed by atoms with Crippen molar-refractivity contribution < 1.29 is 9.59 Å². The van der Waals surface area contributed by atoms with Crippen molar-refractivity contribution in [3.8, 4) is 0 Å². The van der Waals surface area contributed by atoms with E-state index in [9.17, 15) is 9.59 Å². The van der Waals surface area contributed by atoms with E-state index in [-0.39, 0.29) is 12.2 Å². The Labute approximate surface area is 69.3 Å². The number of rotatable bonds is 5. The fourth-order valence-corrected chi connectivity index (χ4v) is 0.447. The van der Waals surface area contributed by atoms with Crippen LogP contribution in [0, 0.1) is 5.41 Å². The number of hydrazone groups is 1. The lowest BCUT2D eigenvalue weighted by molar-refractivity contribution is -0.112. The molecule has 0 saturated heterocycles. The Hall–Kier alpha value is -1.72. The Balaban J connectivity index is 3.60. The van der Waals surface area contributed by atoms with E-state index in [0.29, 0.717) is 6.42 Å². The largest absolute Gasteiger partial charge is 0.350 e. The smallest absolute Gasteiger partial charge is 0.332 e. The maximum atomic E-state index is 10.7. The van der Waals surface area contributed by atoms with Crippen molar-refractivity contribution in [1.82, 2.24) is 5.43 Å². The fraction of sp³-hybridized carbons (Fsp3) is 0.333. The van der Waals surface area contributed by atoms with Crippen molar-refractivity contribution in [3.63, 3.8) is 0 Å². The molecule has 0 aromatic heterocycles. The van der Waals surface area contributed by atoms with Crippen molar-refractivity contribution in [2.75, 3.05) is 0 Å². The van der Waals surface area contributed by atoms with Crippen LogP contribution in [0.3, 0.4) is 0 Å². The van der Waals surface area contributed by atoms with Gasteiger partial charge in [-0.3, -0.25) is 4.79 Å². The molecule has 0 aliphatic rings. The van der Waals surface area contributed by atoms with Gasteiger partial charge in [0.25, 0.3) is 0 Å². The van der Waals surface area contributed by atoms with E-state index in [2.05, 4.69) is 10.8 Å². The summed E-state index contributed by atoms with van der Waals surface area (Å²) in [5, 5.41) is 9.88. The Morgan fingerprint density at radius 2 is 2.25 bits per heavy atom. The van der Waals surface area contributed by atoms with E-state index >= 15 is 0 Å². The normalized spacial score (nSPS) is 9.67. The molecule has 12 heavy (non-hydrogen) atoms. The highest BCUT2D eigenvalue weighted by atomic mass is 16.2. The number of hydrogen-bond donors (Lipinski definition) is 3. The number of carbonyl (C=O) groups is 2. The van der Waals surface area contributed by atoms with Crippen LogP contribution in [0.1, 0.15) is 12.8 Å². The van der Waals surface area contributed by atoms with Gasteiger partial charge in [-0.1, -0.05) is 0 Å². The third kappa shape index (κ3) is 6.40. The number of nitrogens with two attached hydrogens (primary N) is 1. The first-order chi connectivity index (χ1) is 5.66. The van der Waals surface area contributed by atoms with Gasteiger partial charge in [0.05, 0.1) is 6.21 Å². The molecule has 6 nitrogen and oxygen atoms in total. The molecule has 0 aromatic carbocycles. The highest BCUT2D eigenvalue weighted by Gasteiger charge is 1.94. The third-order valence-electron chi connectivity index (χ3n) is 0.918. The highest BCUT2D eigenvalue weighted by molar-refractivity contribution is 6.27. The molecule has 0 saturated carbocycles. The van der Waals surface area contributed by atoms with Gasteiger partial charge in [-0.2, -0.15) is 5.10 Å². The van der Waals surface area contributed by atoms with Crippen LogP contribution in [0.5, 0.6) is 0 Å². The minimum Gasteiger partial charge on any atom is -0.350 e. The molecule has 0 aromatic rings. The molecule has 0 rings (SSSR count). The zero-order chi connectivity index (χ0) is 9.40. The summed E-state index contributed by atoms with van der Waals surface area (Å²) in [6.45, 7) is 0. The third-order valence-corrected chi connectivity index (χ3v) is 0.918. The summed E-state index contributed by atoms with van der Waals surface area (Å²) in [5.41, 5.74) is 6.55. The Kier molecular flexibility index (Phi) is 5.16. The molecule has 0 bridgehead atoms. The van der Waals surface area contributed by atoms with Crippen LogP contribution < -0.4 is 11.2 Å².